The summed E-state index contributed by atoms with van der Waals surface area (Å²) in [4.78, 5) is 0. The Morgan fingerprint density at radius 3 is 2.58 bits per heavy atom. The molecule has 3 heterocycles. The van der Waals surface area contributed by atoms with Gasteiger partial charge in [0.25, 0.3) is 0 Å². The highest BCUT2D eigenvalue weighted by atomic mass is 79.9. The number of hydrogen-bond acceptors (Lipinski definition) is 4. The molecule has 0 saturated heterocycles. The largest absolute Gasteiger partial charge is 0.464 e. The lowest BCUT2D eigenvalue weighted by Gasteiger charge is -2.38. The molecule has 0 amide bonds. The van der Waals surface area contributed by atoms with Crippen LogP contribution in [-0.4, -0.2) is 10.7 Å². The van der Waals surface area contributed by atoms with Crippen LogP contribution in [0, 0.1) is 0 Å². The maximum atomic E-state index is 6.34. The van der Waals surface area contributed by atoms with Crippen LogP contribution in [0.4, 0.5) is 0 Å². The predicted octanol–water partition coefficient (Wildman–Crippen LogP) is 6.05. The van der Waals surface area contributed by atoms with Crippen LogP contribution in [0.15, 0.2) is 79.3 Å². The first-order chi connectivity index (χ1) is 12.7. The lowest BCUT2D eigenvalue weighted by atomic mass is 9.97. The summed E-state index contributed by atoms with van der Waals surface area (Å²) in [6.45, 7) is 0. The first kappa shape index (κ1) is 16.1. The van der Waals surface area contributed by atoms with E-state index in [2.05, 4.69) is 55.1 Å². The molecule has 26 heavy (non-hydrogen) atoms. The van der Waals surface area contributed by atoms with Crippen molar-refractivity contribution in [1.82, 2.24) is 5.01 Å². The summed E-state index contributed by atoms with van der Waals surface area (Å²) in [6.07, 6.45) is 2.20. The van der Waals surface area contributed by atoms with Gasteiger partial charge in [-0.2, -0.15) is 5.10 Å². The highest BCUT2D eigenvalue weighted by molar-refractivity contribution is 9.10. The van der Waals surface area contributed by atoms with E-state index < -0.39 is 0 Å². The molecule has 3 aromatic rings. The number of hydrogen-bond donors (Lipinski definition) is 0. The van der Waals surface area contributed by atoms with Gasteiger partial charge in [-0.25, -0.2) is 5.01 Å². The molecule has 0 radical (unpaired) electrons. The van der Waals surface area contributed by atoms with E-state index in [4.69, 9.17) is 14.3 Å². The molecule has 0 N–H and O–H groups in total. The molecular formula is C20H14Br2N2O2. The minimum atomic E-state index is -0.269. The van der Waals surface area contributed by atoms with Gasteiger partial charge in [0.05, 0.1) is 12.3 Å². The number of nitrogens with zero attached hydrogens (tertiary/aromatic N) is 2. The monoisotopic (exact) mass is 472 g/mol. The number of fused-ring (bicyclic) bond motifs is 3. The zero-order chi connectivity index (χ0) is 17.7. The molecule has 130 valence electrons. The SMILES string of the molecule is Brc1ccc([C@@H]2Oc3ccc(Br)cc3[C@H]3CC(c4ccco4)=NN32)cc1. The maximum absolute atomic E-state index is 6.34. The first-order valence-electron chi connectivity index (χ1n) is 8.30. The second kappa shape index (κ2) is 6.28. The van der Waals surface area contributed by atoms with Gasteiger partial charge in [0.1, 0.15) is 17.2 Å². The van der Waals surface area contributed by atoms with Gasteiger partial charge < -0.3 is 9.15 Å². The van der Waals surface area contributed by atoms with Crippen molar-refractivity contribution >= 4 is 37.6 Å². The average Bonchev–Trinajstić information content (AvgIpc) is 3.32. The fraction of sp³-hybridized carbons (Fsp3) is 0.150. The Morgan fingerprint density at radius 2 is 1.81 bits per heavy atom. The third-order valence-electron chi connectivity index (χ3n) is 4.71. The molecule has 0 unspecified atom stereocenters. The van der Waals surface area contributed by atoms with Gasteiger partial charge in [-0.05, 0) is 42.5 Å². The third kappa shape index (κ3) is 2.68. The Morgan fingerprint density at radius 1 is 1.00 bits per heavy atom. The van der Waals surface area contributed by atoms with E-state index in [1.807, 2.05) is 36.4 Å². The molecular weight excluding hydrogens is 460 g/mol. The molecule has 1 aromatic heterocycles. The molecule has 0 spiro atoms. The fourth-order valence-electron chi connectivity index (χ4n) is 3.50. The van der Waals surface area contributed by atoms with Crippen LogP contribution in [0.25, 0.3) is 0 Å². The Labute approximate surface area is 167 Å². The van der Waals surface area contributed by atoms with Crippen LogP contribution in [0.1, 0.15) is 35.6 Å². The quantitative estimate of drug-likeness (QED) is 0.454. The molecule has 6 heteroatoms. The molecule has 0 aliphatic carbocycles. The molecule has 2 aliphatic rings. The Hall–Kier alpha value is -2.05. The number of halogens is 2. The van der Waals surface area contributed by atoms with Crippen LogP contribution < -0.4 is 4.74 Å². The lowest BCUT2D eigenvalue weighted by Crippen LogP contribution is -2.33. The van der Waals surface area contributed by atoms with Gasteiger partial charge >= 0.3 is 0 Å². The van der Waals surface area contributed by atoms with Gasteiger partial charge in [0.2, 0.25) is 6.23 Å². The van der Waals surface area contributed by atoms with Crippen molar-refractivity contribution in [3.8, 4) is 5.75 Å². The summed E-state index contributed by atoms with van der Waals surface area (Å²) in [7, 11) is 0. The van der Waals surface area contributed by atoms with Crippen molar-refractivity contribution in [1.29, 1.82) is 0 Å². The van der Waals surface area contributed by atoms with Gasteiger partial charge in [0, 0.05) is 26.5 Å². The second-order valence-corrected chi connectivity index (χ2v) is 8.16. The molecule has 5 rings (SSSR count). The van der Waals surface area contributed by atoms with Crippen molar-refractivity contribution < 1.29 is 9.15 Å². The summed E-state index contributed by atoms with van der Waals surface area (Å²) in [5.74, 6) is 1.71. The summed E-state index contributed by atoms with van der Waals surface area (Å²) in [5.41, 5.74) is 3.15. The molecule has 0 fully saturated rings. The van der Waals surface area contributed by atoms with Gasteiger partial charge in [-0.3, -0.25) is 0 Å². The van der Waals surface area contributed by atoms with Crippen molar-refractivity contribution in [3.63, 3.8) is 0 Å². The Kier molecular flexibility index (Phi) is 3.90. The molecule has 2 atom stereocenters. The maximum Gasteiger partial charge on any atom is 0.213 e. The minimum Gasteiger partial charge on any atom is -0.464 e. The topological polar surface area (TPSA) is 38.0 Å². The third-order valence-corrected chi connectivity index (χ3v) is 5.73. The van der Waals surface area contributed by atoms with Crippen LogP contribution in [-0.2, 0) is 0 Å². The molecule has 0 saturated carbocycles. The van der Waals surface area contributed by atoms with E-state index >= 15 is 0 Å². The van der Waals surface area contributed by atoms with Gasteiger partial charge in [-0.15, -0.1) is 0 Å². The van der Waals surface area contributed by atoms with E-state index in [-0.39, 0.29) is 12.3 Å². The predicted molar refractivity (Wildman–Crippen MR) is 106 cm³/mol. The fourth-order valence-corrected chi connectivity index (χ4v) is 4.14. The standard InChI is InChI=1S/C20H14Br2N2O2/c21-13-5-3-12(4-6-13)20-24-17(11-16(23-24)19-2-1-9-25-19)15-10-14(22)7-8-18(15)26-20/h1-10,17,20H,11H2/t17-,20+/m1/s1. The van der Waals surface area contributed by atoms with Crippen LogP contribution >= 0.6 is 31.9 Å². The highest BCUT2D eigenvalue weighted by Gasteiger charge is 2.41. The number of ether oxygens (including phenoxy) is 1. The zero-order valence-corrected chi connectivity index (χ0v) is 16.8. The highest BCUT2D eigenvalue weighted by Crippen LogP contribution is 2.48. The number of furan rings is 1. The minimum absolute atomic E-state index is 0.116. The molecule has 2 aliphatic heterocycles. The molecule has 0 bridgehead atoms. The van der Waals surface area contributed by atoms with Crippen molar-refractivity contribution in [2.24, 2.45) is 5.10 Å². The van der Waals surface area contributed by atoms with Gasteiger partial charge in [-0.1, -0.05) is 44.0 Å². The van der Waals surface area contributed by atoms with E-state index in [1.54, 1.807) is 6.26 Å². The van der Waals surface area contributed by atoms with Crippen LogP contribution in [0.2, 0.25) is 0 Å². The molecule has 2 aromatic carbocycles. The summed E-state index contributed by atoms with van der Waals surface area (Å²) in [6, 6.07) is 18.3. The average molecular weight is 474 g/mol. The first-order valence-corrected chi connectivity index (χ1v) is 9.89. The van der Waals surface area contributed by atoms with Crippen molar-refractivity contribution in [2.45, 2.75) is 18.7 Å². The lowest BCUT2D eigenvalue weighted by molar-refractivity contribution is -0.0190. The van der Waals surface area contributed by atoms with E-state index in [0.717, 1.165) is 43.7 Å². The zero-order valence-electron chi connectivity index (χ0n) is 13.6. The number of benzene rings is 2. The number of rotatable bonds is 2. The van der Waals surface area contributed by atoms with Gasteiger partial charge in [0.15, 0.2) is 0 Å². The van der Waals surface area contributed by atoms with E-state index in [9.17, 15) is 0 Å². The van der Waals surface area contributed by atoms with Crippen molar-refractivity contribution in [2.75, 3.05) is 0 Å². The summed E-state index contributed by atoms with van der Waals surface area (Å²) < 4.78 is 14.0. The molecule has 4 nitrogen and oxygen atoms in total. The van der Waals surface area contributed by atoms with Crippen LogP contribution in [0.3, 0.4) is 0 Å². The van der Waals surface area contributed by atoms with Crippen LogP contribution in [0.5, 0.6) is 5.75 Å². The smallest absolute Gasteiger partial charge is 0.213 e. The summed E-state index contributed by atoms with van der Waals surface area (Å²) in [5, 5.41) is 6.92. The summed E-state index contributed by atoms with van der Waals surface area (Å²) >= 11 is 7.07. The second-order valence-electron chi connectivity index (χ2n) is 6.33. The van der Waals surface area contributed by atoms with E-state index in [1.165, 1.54) is 0 Å². The Balaban J connectivity index is 1.61. The van der Waals surface area contributed by atoms with E-state index in [0.29, 0.717) is 0 Å². The van der Waals surface area contributed by atoms with Crippen molar-refractivity contribution in [3.05, 3.63) is 86.7 Å². The normalized spacial score (nSPS) is 21.0. The number of hydrazone groups is 1. The Bertz CT molecular complexity index is 984.